The highest BCUT2D eigenvalue weighted by Crippen LogP contribution is 2.31. The second-order valence-electron chi connectivity index (χ2n) is 18.2. The number of imidazole rings is 1. The molecular formula is C50H60F3N9O10. The van der Waals surface area contributed by atoms with Gasteiger partial charge in [0.2, 0.25) is 41.4 Å². The van der Waals surface area contributed by atoms with E-state index in [1.807, 2.05) is 78.9 Å². The van der Waals surface area contributed by atoms with Crippen LogP contribution in [-0.4, -0.2) is 115 Å². The van der Waals surface area contributed by atoms with Crippen LogP contribution in [0.4, 0.5) is 13.2 Å². The van der Waals surface area contributed by atoms with Crippen molar-refractivity contribution < 1.29 is 56.6 Å². The molecule has 4 heterocycles. The third-order valence-corrected chi connectivity index (χ3v) is 13.3. The number of nitrogens with one attached hydrogen (secondary N) is 3. The van der Waals surface area contributed by atoms with Gasteiger partial charge >= 0.3 is 17.8 Å². The second-order valence-corrected chi connectivity index (χ2v) is 18.2. The number of fused-ring (bicyclic) bond motifs is 2. The Morgan fingerprint density at radius 1 is 0.819 bits per heavy atom. The summed E-state index contributed by atoms with van der Waals surface area (Å²) in [6, 6.07) is 19.8. The number of carbonyl (C=O) groups is 8. The van der Waals surface area contributed by atoms with E-state index in [2.05, 4.69) is 16.0 Å². The zero-order chi connectivity index (χ0) is 52.3. The molecule has 1 unspecified atom stereocenters. The van der Waals surface area contributed by atoms with Gasteiger partial charge in [-0.25, -0.2) is 9.59 Å². The lowest BCUT2D eigenvalue weighted by atomic mass is 9.98. The van der Waals surface area contributed by atoms with E-state index in [9.17, 15) is 51.5 Å². The van der Waals surface area contributed by atoms with E-state index in [0.717, 1.165) is 41.5 Å². The SMILES string of the molecule is Cn1c(=O)n(C2CCC(=O)NC2=O)c2cccc(CCCCCCC(=O)N3CC[C@H]4CC[C@@H](C(=O)N[C@@H](CCC(N)=O)C(=O)NC(c5ccccc5)c5ccccc5)N4C(=O)[C@@H](N)C3)c21.O=C(O)C(F)(F)F. The van der Waals surface area contributed by atoms with Crippen molar-refractivity contribution in [2.75, 3.05) is 13.1 Å². The van der Waals surface area contributed by atoms with Gasteiger partial charge in [-0.2, -0.15) is 13.2 Å². The van der Waals surface area contributed by atoms with Crippen LogP contribution in [0.3, 0.4) is 0 Å². The molecule has 0 aliphatic carbocycles. The number of nitrogens with zero attached hydrogens (tertiary/aromatic N) is 4. The first-order chi connectivity index (χ1) is 34.3. The summed E-state index contributed by atoms with van der Waals surface area (Å²) < 4.78 is 34.8. The van der Waals surface area contributed by atoms with Crippen LogP contribution in [0.5, 0.6) is 0 Å². The quantitative estimate of drug-likeness (QED) is 0.0661. The lowest BCUT2D eigenvalue weighted by molar-refractivity contribution is -0.192. The van der Waals surface area contributed by atoms with E-state index in [-0.39, 0.29) is 55.8 Å². The monoisotopic (exact) mass is 1000 g/mol. The third-order valence-electron chi connectivity index (χ3n) is 13.3. The molecule has 5 atom stereocenters. The number of hydrogen-bond donors (Lipinski definition) is 6. The number of imide groups is 1. The first kappa shape index (κ1) is 54.0. The maximum atomic E-state index is 14.0. The molecule has 7 rings (SSSR count). The highest BCUT2D eigenvalue weighted by Gasteiger charge is 2.45. The molecule has 4 aromatic rings. The van der Waals surface area contributed by atoms with E-state index in [1.54, 1.807) is 16.5 Å². The number of rotatable bonds is 17. The summed E-state index contributed by atoms with van der Waals surface area (Å²) in [6.45, 7) is 0.390. The van der Waals surface area contributed by atoms with Crippen molar-refractivity contribution in [1.82, 2.24) is 34.9 Å². The highest BCUT2D eigenvalue weighted by atomic mass is 19.4. The molecular weight excluding hydrogens is 944 g/mol. The molecule has 1 aromatic heterocycles. The van der Waals surface area contributed by atoms with Crippen molar-refractivity contribution in [3.63, 3.8) is 0 Å². The Labute approximate surface area is 412 Å². The van der Waals surface area contributed by atoms with Crippen LogP contribution >= 0.6 is 0 Å². The molecule has 386 valence electrons. The number of aryl methyl sites for hydroxylation is 2. The van der Waals surface area contributed by atoms with Gasteiger partial charge in [0.05, 0.1) is 17.1 Å². The van der Waals surface area contributed by atoms with Gasteiger partial charge in [-0.15, -0.1) is 0 Å². The number of unbranched alkanes of at least 4 members (excludes halogenated alkanes) is 3. The van der Waals surface area contributed by atoms with Crippen LogP contribution in [0.15, 0.2) is 83.7 Å². The molecule has 3 saturated heterocycles. The van der Waals surface area contributed by atoms with Crippen LogP contribution in [0, 0.1) is 0 Å². The number of hydrogen-bond acceptors (Lipinski definition) is 10. The zero-order valence-electron chi connectivity index (χ0n) is 39.8. The highest BCUT2D eigenvalue weighted by molar-refractivity contribution is 6.00. The first-order valence-corrected chi connectivity index (χ1v) is 23.9. The Bertz CT molecular complexity index is 2660. The van der Waals surface area contributed by atoms with Gasteiger partial charge < -0.3 is 37.0 Å². The molecule has 0 spiro atoms. The smallest absolute Gasteiger partial charge is 0.475 e. The van der Waals surface area contributed by atoms with Crippen LogP contribution in [0.2, 0.25) is 0 Å². The summed E-state index contributed by atoms with van der Waals surface area (Å²) in [5.41, 5.74) is 15.7. The summed E-state index contributed by atoms with van der Waals surface area (Å²) in [5, 5.41) is 15.4. The summed E-state index contributed by atoms with van der Waals surface area (Å²) in [4.78, 5) is 117. The van der Waals surface area contributed by atoms with Gasteiger partial charge in [0.1, 0.15) is 24.2 Å². The van der Waals surface area contributed by atoms with Gasteiger partial charge in [0, 0.05) is 45.4 Å². The fourth-order valence-electron chi connectivity index (χ4n) is 9.66. The molecule has 19 nitrogen and oxygen atoms in total. The number of nitrogens with two attached hydrogens (primary N) is 2. The predicted octanol–water partition coefficient (Wildman–Crippen LogP) is 3.02. The largest absolute Gasteiger partial charge is 0.490 e. The van der Waals surface area contributed by atoms with Crippen molar-refractivity contribution in [2.45, 2.75) is 126 Å². The number of primary amides is 1. The van der Waals surface area contributed by atoms with E-state index in [1.165, 1.54) is 9.47 Å². The topological polar surface area (TPSA) is 278 Å². The summed E-state index contributed by atoms with van der Waals surface area (Å²) >= 11 is 0. The molecule has 8 N–H and O–H groups in total. The number of halogens is 3. The standard InChI is InChI=1S/C48H59N9O8.C2HF3O2/c1-54-43-32(18-12-19-36(43)57(48(54)65)38-24-26-40(59)52-46(38)63)17-6-2-3-11-20-41(60)55-28-27-33-21-23-37(56(33)47(64)34(49)29-55)45(62)51-35(22-25-39(50)58)44(61)53-42(30-13-7-4-8-14-30)31-15-9-5-10-16-31;3-2(4,5)1(6)7/h4-5,7-10,12-16,18-19,33-35,37-38,42H,2-3,6,11,17,20-29,49H2,1H3,(H2,50,58)(H,51,62)(H,53,61)(H,52,59,63);(H,6,7)/t33-,34+,35+,37+,38?;/m1./s1. The number of carboxylic acid groups (broad SMARTS) is 1. The fraction of sp³-hybridized carbons (Fsp3) is 0.460. The summed E-state index contributed by atoms with van der Waals surface area (Å²) in [5.74, 6) is -5.73. The average Bonchev–Trinajstić information content (AvgIpc) is 3.88. The fourth-order valence-corrected chi connectivity index (χ4v) is 9.66. The van der Waals surface area contributed by atoms with Crippen LogP contribution in [-0.2, 0) is 51.8 Å². The minimum absolute atomic E-state index is 0.0143. The van der Waals surface area contributed by atoms with Crippen molar-refractivity contribution in [3.05, 3.63) is 106 Å². The van der Waals surface area contributed by atoms with Crippen LogP contribution in [0.1, 0.15) is 106 Å². The number of aliphatic carboxylic acids is 1. The normalized spacial score (nSPS) is 19.6. The molecule has 3 aliphatic heterocycles. The number of piperidine rings is 1. The van der Waals surface area contributed by atoms with Gasteiger partial charge in [0.25, 0.3) is 0 Å². The first-order valence-electron chi connectivity index (χ1n) is 23.9. The number of carbonyl (C=O) groups excluding carboxylic acids is 7. The molecule has 7 amide bonds. The summed E-state index contributed by atoms with van der Waals surface area (Å²) in [7, 11) is 1.69. The Balaban J connectivity index is 0.00000113. The average molecular weight is 1000 g/mol. The molecule has 72 heavy (non-hydrogen) atoms. The third kappa shape index (κ3) is 13.3. The van der Waals surface area contributed by atoms with E-state index >= 15 is 0 Å². The van der Waals surface area contributed by atoms with Crippen LogP contribution in [0.25, 0.3) is 11.0 Å². The number of aromatic nitrogens is 2. The van der Waals surface area contributed by atoms with Crippen LogP contribution < -0.4 is 33.1 Å². The number of carboxylic acids is 1. The Morgan fingerprint density at radius 3 is 2.07 bits per heavy atom. The number of para-hydroxylation sites is 1. The molecule has 0 bridgehead atoms. The van der Waals surface area contributed by atoms with Crippen molar-refractivity contribution >= 4 is 58.4 Å². The molecule has 3 aromatic carbocycles. The minimum atomic E-state index is -5.08. The van der Waals surface area contributed by atoms with Gasteiger partial charge in [-0.3, -0.25) is 48.0 Å². The second kappa shape index (κ2) is 24.2. The van der Waals surface area contributed by atoms with E-state index in [4.69, 9.17) is 21.4 Å². The van der Waals surface area contributed by atoms with E-state index in [0.29, 0.717) is 50.6 Å². The Hall–Kier alpha value is -7.36. The number of alkyl halides is 3. The molecule has 22 heteroatoms. The lowest BCUT2D eigenvalue weighted by Gasteiger charge is -2.37. The van der Waals surface area contributed by atoms with Gasteiger partial charge in [0.15, 0.2) is 0 Å². The minimum Gasteiger partial charge on any atom is -0.475 e. The lowest BCUT2D eigenvalue weighted by Crippen LogP contribution is -2.60. The number of benzene rings is 3. The van der Waals surface area contributed by atoms with Gasteiger partial charge in [-0.05, 0) is 74.1 Å². The van der Waals surface area contributed by atoms with Crippen molar-refractivity contribution in [1.29, 1.82) is 0 Å². The zero-order valence-corrected chi connectivity index (χ0v) is 39.8. The molecule has 0 saturated carbocycles. The number of amides is 7. The maximum Gasteiger partial charge on any atom is 0.490 e. The van der Waals surface area contributed by atoms with Gasteiger partial charge in [-0.1, -0.05) is 85.6 Å². The molecule has 3 fully saturated rings. The molecule has 3 aliphatic rings. The summed E-state index contributed by atoms with van der Waals surface area (Å²) in [6.07, 6.45) is 0.598. The molecule has 0 radical (unpaired) electrons. The van der Waals surface area contributed by atoms with Crippen molar-refractivity contribution in [3.8, 4) is 0 Å². The predicted molar refractivity (Wildman–Crippen MR) is 255 cm³/mol. The van der Waals surface area contributed by atoms with Crippen molar-refractivity contribution in [2.24, 2.45) is 18.5 Å². The Morgan fingerprint density at radius 2 is 1.46 bits per heavy atom. The maximum absolute atomic E-state index is 14.0. The van der Waals surface area contributed by atoms with E-state index < -0.39 is 71.9 Å². The Kier molecular flexibility index (Phi) is 18.1.